The second-order valence-corrected chi connectivity index (χ2v) is 8.83. The molecule has 0 bridgehead atoms. The van der Waals surface area contributed by atoms with Crippen LogP contribution in [-0.2, 0) is 16.7 Å². The van der Waals surface area contributed by atoms with E-state index >= 15 is 0 Å². The Kier molecular flexibility index (Phi) is 13.7. The maximum Gasteiger partial charge on any atom is 0.264 e. The highest BCUT2D eigenvalue weighted by Crippen LogP contribution is 2.19. The van der Waals surface area contributed by atoms with Crippen molar-refractivity contribution in [3.8, 4) is 0 Å². The molecular weight excluding hydrogens is 346 g/mol. The molecule has 0 atom stereocenters. The van der Waals surface area contributed by atoms with E-state index in [1.54, 1.807) is 0 Å². The van der Waals surface area contributed by atoms with Crippen LogP contribution < -0.4 is 0 Å². The van der Waals surface area contributed by atoms with E-state index in [2.05, 4.69) is 51.1 Å². The molecule has 1 N–H and O–H groups in total. The van der Waals surface area contributed by atoms with Crippen LogP contribution in [0.2, 0.25) is 0 Å². The van der Waals surface area contributed by atoms with E-state index in [0.717, 1.165) is 0 Å². The quantitative estimate of drug-likeness (QED) is 0.392. The number of rotatable bonds is 12. The first-order valence-electron chi connectivity index (χ1n) is 10.2. The summed E-state index contributed by atoms with van der Waals surface area (Å²) >= 11 is 0. The zero-order chi connectivity index (χ0) is 19.9. The lowest BCUT2D eigenvalue weighted by molar-refractivity contribution is -0.941. The number of unbranched alkanes of at least 4 members (excludes halogenated alkanes) is 3. The molecule has 4 nitrogen and oxygen atoms in total. The van der Waals surface area contributed by atoms with Crippen LogP contribution in [0.25, 0.3) is 0 Å². The van der Waals surface area contributed by atoms with E-state index in [4.69, 9.17) is 4.55 Å². The number of hydrogen-bond acceptors (Lipinski definition) is 2. The van der Waals surface area contributed by atoms with Crippen molar-refractivity contribution in [2.45, 2.75) is 72.8 Å². The summed E-state index contributed by atoms with van der Waals surface area (Å²) in [7, 11) is -3.66. The monoisotopic (exact) mass is 386 g/mol. The molecule has 0 aliphatic rings. The summed E-state index contributed by atoms with van der Waals surface area (Å²) < 4.78 is 28.2. The highest BCUT2D eigenvalue weighted by Gasteiger charge is 2.25. The van der Waals surface area contributed by atoms with Gasteiger partial charge in [-0.25, -0.2) is 0 Å². The average molecular weight is 387 g/mol. The summed E-state index contributed by atoms with van der Waals surface area (Å²) in [5.41, 5.74) is 1.51. The lowest BCUT2D eigenvalue weighted by atomic mass is 10.1. The molecule has 0 fully saturated rings. The van der Waals surface area contributed by atoms with Crippen LogP contribution >= 0.6 is 0 Å². The second kappa shape index (κ2) is 14.2. The van der Waals surface area contributed by atoms with Crippen molar-refractivity contribution < 1.29 is 17.5 Å². The van der Waals surface area contributed by atoms with Gasteiger partial charge in [0.25, 0.3) is 10.1 Å². The average Bonchev–Trinajstić information content (AvgIpc) is 2.63. The molecule has 0 spiro atoms. The Bertz CT molecular complexity index is 522. The lowest BCUT2D eigenvalue weighted by Gasteiger charge is -2.39. The van der Waals surface area contributed by atoms with Crippen molar-refractivity contribution in [3.05, 3.63) is 35.9 Å². The Hall–Kier alpha value is -0.910. The summed E-state index contributed by atoms with van der Waals surface area (Å²) in [5, 5.41) is 0. The van der Waals surface area contributed by atoms with Gasteiger partial charge >= 0.3 is 0 Å². The minimum absolute atomic E-state index is 0.201. The van der Waals surface area contributed by atoms with E-state index < -0.39 is 10.1 Å². The van der Waals surface area contributed by atoms with Gasteiger partial charge in [-0.05, 0) is 26.2 Å². The molecule has 0 saturated carbocycles. The molecule has 0 saturated heterocycles. The maximum atomic E-state index is 9.56. The predicted octanol–water partition coefficient (Wildman–Crippen LogP) is 5.30. The van der Waals surface area contributed by atoms with Gasteiger partial charge in [-0.15, -0.1) is 0 Å². The second-order valence-electron chi connectivity index (χ2n) is 7.09. The molecule has 26 heavy (non-hydrogen) atoms. The number of nitrogens with zero attached hydrogens (tertiary/aromatic N) is 1. The number of quaternary nitrogens is 1. The lowest BCUT2D eigenvalue weighted by Crippen LogP contribution is -2.49. The third-order valence-electron chi connectivity index (χ3n) is 4.68. The van der Waals surface area contributed by atoms with Crippen molar-refractivity contribution in [1.29, 1.82) is 0 Å². The Morgan fingerprint density at radius 1 is 0.808 bits per heavy atom. The van der Waals surface area contributed by atoms with Crippen LogP contribution in [0, 0.1) is 0 Å². The van der Waals surface area contributed by atoms with Crippen LogP contribution in [0.15, 0.2) is 30.3 Å². The first-order chi connectivity index (χ1) is 12.3. The third kappa shape index (κ3) is 12.4. The highest BCUT2D eigenvalue weighted by atomic mass is 32.2. The molecule has 0 unspecified atom stereocenters. The molecule has 0 aliphatic carbocycles. The number of hydrogen-bond donors (Lipinski definition) is 1. The van der Waals surface area contributed by atoms with Crippen molar-refractivity contribution in [2.75, 3.05) is 25.4 Å². The van der Waals surface area contributed by atoms with E-state index in [1.807, 2.05) is 0 Å². The normalized spacial score (nSPS) is 11.7. The predicted molar refractivity (Wildman–Crippen MR) is 112 cm³/mol. The minimum Gasteiger partial charge on any atom is -0.320 e. The molecule has 0 amide bonds. The van der Waals surface area contributed by atoms with Gasteiger partial charge < -0.3 is 4.48 Å². The zero-order valence-electron chi connectivity index (χ0n) is 17.3. The third-order valence-corrected chi connectivity index (χ3v) is 5.41. The van der Waals surface area contributed by atoms with Crippen LogP contribution in [-0.4, -0.2) is 42.8 Å². The molecule has 1 aromatic carbocycles. The zero-order valence-corrected chi connectivity index (χ0v) is 18.1. The Balaban J connectivity index is 0.000000896. The van der Waals surface area contributed by atoms with E-state index in [9.17, 15) is 8.42 Å². The van der Waals surface area contributed by atoms with Crippen molar-refractivity contribution in [1.82, 2.24) is 0 Å². The Morgan fingerprint density at radius 3 is 1.50 bits per heavy atom. The first-order valence-corrected chi connectivity index (χ1v) is 11.8. The van der Waals surface area contributed by atoms with Gasteiger partial charge in [0, 0.05) is 5.56 Å². The van der Waals surface area contributed by atoms with Crippen LogP contribution in [0.1, 0.15) is 71.8 Å². The van der Waals surface area contributed by atoms with Gasteiger partial charge in [-0.2, -0.15) is 8.42 Å². The molecule has 0 heterocycles. The molecule has 1 aromatic rings. The number of benzene rings is 1. The van der Waals surface area contributed by atoms with Gasteiger partial charge in [0.2, 0.25) is 0 Å². The van der Waals surface area contributed by atoms with Crippen LogP contribution in [0.3, 0.4) is 0 Å². The molecule has 0 aliphatic heterocycles. The summed E-state index contributed by atoms with van der Waals surface area (Å²) in [5.74, 6) is -0.201. The fraction of sp³-hybridized carbons (Fsp3) is 0.714. The minimum atomic E-state index is -3.66. The standard InChI is InChI=1S/C19H34N.C2H6O3S/c1-4-7-15-20(16-8-5-2,17-9-6-3)18-19-13-11-10-12-14-19;1-2-6(3,4)5/h10-14H,4-9,15-18H2,1-3H3;2H2,1H3,(H,3,4,5)/q+1;. The maximum absolute atomic E-state index is 9.56. The van der Waals surface area contributed by atoms with Crippen molar-refractivity contribution in [2.24, 2.45) is 0 Å². The van der Waals surface area contributed by atoms with Crippen LogP contribution in [0.5, 0.6) is 0 Å². The van der Waals surface area contributed by atoms with Crippen molar-refractivity contribution >= 4 is 10.1 Å². The fourth-order valence-electron chi connectivity index (χ4n) is 3.02. The van der Waals surface area contributed by atoms with Gasteiger partial charge in [0.15, 0.2) is 0 Å². The highest BCUT2D eigenvalue weighted by molar-refractivity contribution is 7.85. The Labute approximate surface area is 162 Å². The van der Waals surface area contributed by atoms with E-state index in [-0.39, 0.29) is 5.75 Å². The molecule has 152 valence electrons. The first kappa shape index (κ1) is 25.1. The van der Waals surface area contributed by atoms with Crippen LogP contribution in [0.4, 0.5) is 0 Å². The largest absolute Gasteiger partial charge is 0.320 e. The van der Waals surface area contributed by atoms with Crippen molar-refractivity contribution in [3.63, 3.8) is 0 Å². The summed E-state index contributed by atoms with van der Waals surface area (Å²) in [6, 6.07) is 11.1. The molecule has 0 aromatic heterocycles. The summed E-state index contributed by atoms with van der Waals surface area (Å²) in [6.45, 7) is 13.6. The molecule has 0 radical (unpaired) electrons. The van der Waals surface area contributed by atoms with Gasteiger partial charge in [-0.1, -0.05) is 70.4 Å². The van der Waals surface area contributed by atoms with E-state index in [1.165, 1.54) is 81.7 Å². The molecule has 5 heteroatoms. The fourth-order valence-corrected chi connectivity index (χ4v) is 3.02. The SMILES string of the molecule is CCCC[N+](CCCC)(CCCC)Cc1ccccc1.CCS(=O)(=O)O. The molecular formula is C21H40NO3S+. The topological polar surface area (TPSA) is 54.4 Å². The van der Waals surface area contributed by atoms with E-state index in [0.29, 0.717) is 0 Å². The Morgan fingerprint density at radius 2 is 1.19 bits per heavy atom. The van der Waals surface area contributed by atoms with Gasteiger partial charge in [0.1, 0.15) is 6.54 Å². The molecule has 1 rings (SSSR count). The van der Waals surface area contributed by atoms with Gasteiger partial charge in [-0.3, -0.25) is 4.55 Å². The summed E-state index contributed by atoms with van der Waals surface area (Å²) in [6.07, 6.45) is 8.02. The van der Waals surface area contributed by atoms with Gasteiger partial charge in [0.05, 0.1) is 25.4 Å². The summed E-state index contributed by atoms with van der Waals surface area (Å²) in [4.78, 5) is 0. The smallest absolute Gasteiger partial charge is 0.264 e.